The predicted octanol–water partition coefficient (Wildman–Crippen LogP) is 5.54. The number of benzene rings is 4. The molecule has 23 heavy (non-hydrogen) atoms. The molecule has 0 saturated heterocycles. The Kier molecular flexibility index (Phi) is 2.53. The second-order valence-electron chi connectivity index (χ2n) is 5.86. The van der Waals surface area contributed by atoms with Gasteiger partial charge in [0.15, 0.2) is 0 Å². The van der Waals surface area contributed by atoms with E-state index in [1.807, 2.05) is 6.20 Å². The van der Waals surface area contributed by atoms with Crippen molar-refractivity contribution in [1.82, 2.24) is 9.97 Å². The van der Waals surface area contributed by atoms with Crippen LogP contribution >= 0.6 is 0 Å². The molecule has 0 atom stereocenters. The molecule has 0 amide bonds. The van der Waals surface area contributed by atoms with Crippen LogP contribution in [0, 0.1) is 0 Å². The first-order valence-electron chi connectivity index (χ1n) is 7.73. The Morgan fingerprint density at radius 2 is 1.48 bits per heavy atom. The van der Waals surface area contributed by atoms with E-state index < -0.39 is 0 Å². The minimum atomic E-state index is 1.05. The highest BCUT2D eigenvalue weighted by molar-refractivity contribution is 6.16. The zero-order valence-corrected chi connectivity index (χ0v) is 12.5. The summed E-state index contributed by atoms with van der Waals surface area (Å²) in [6.07, 6.45) is 3.61. The Morgan fingerprint density at radius 1 is 0.696 bits per heavy atom. The molecule has 108 valence electrons. The van der Waals surface area contributed by atoms with Crippen LogP contribution < -0.4 is 0 Å². The molecule has 1 heterocycles. The fourth-order valence-corrected chi connectivity index (χ4v) is 3.43. The first-order chi connectivity index (χ1) is 11.4. The lowest BCUT2D eigenvalue weighted by atomic mass is 9.94. The Morgan fingerprint density at radius 3 is 2.30 bits per heavy atom. The van der Waals surface area contributed by atoms with E-state index in [9.17, 15) is 0 Å². The third kappa shape index (κ3) is 1.85. The van der Waals surface area contributed by atoms with E-state index in [4.69, 9.17) is 0 Å². The van der Waals surface area contributed by atoms with Gasteiger partial charge in [-0.25, -0.2) is 4.98 Å². The van der Waals surface area contributed by atoms with Crippen LogP contribution in [0.15, 0.2) is 79.3 Å². The van der Waals surface area contributed by atoms with Gasteiger partial charge in [0, 0.05) is 5.56 Å². The zero-order valence-electron chi connectivity index (χ0n) is 12.5. The second-order valence-corrected chi connectivity index (χ2v) is 5.86. The SMILES string of the molecule is c1ccc2cc3c(ccc4cccc(-c5cnc[nH]5)c43)cc2c1. The van der Waals surface area contributed by atoms with Crippen LogP contribution in [0.5, 0.6) is 0 Å². The summed E-state index contributed by atoms with van der Waals surface area (Å²) in [6, 6.07) is 23.9. The Hall–Kier alpha value is -3.13. The lowest BCUT2D eigenvalue weighted by Crippen LogP contribution is -1.84. The van der Waals surface area contributed by atoms with E-state index in [2.05, 4.69) is 76.7 Å². The Bertz CT molecular complexity index is 1150. The predicted molar refractivity (Wildman–Crippen MR) is 96.5 cm³/mol. The van der Waals surface area contributed by atoms with Crippen LogP contribution in [-0.2, 0) is 0 Å². The van der Waals surface area contributed by atoms with Gasteiger partial charge in [0.2, 0.25) is 0 Å². The summed E-state index contributed by atoms with van der Waals surface area (Å²) in [5, 5.41) is 7.62. The molecular formula is C21H14N2. The van der Waals surface area contributed by atoms with Crippen molar-refractivity contribution in [2.45, 2.75) is 0 Å². The standard InChI is InChI=1S/C21H14N2/c1-2-5-16-11-19-17(10-15(16)4-1)9-8-14-6-3-7-18(21(14)19)20-12-22-13-23-20/h1-13H,(H,22,23). The van der Waals surface area contributed by atoms with Crippen LogP contribution in [-0.4, -0.2) is 9.97 Å². The molecule has 0 spiro atoms. The largest absolute Gasteiger partial charge is 0.345 e. The fraction of sp³-hybridized carbons (Fsp3) is 0. The minimum Gasteiger partial charge on any atom is -0.345 e. The average Bonchev–Trinajstić information content (AvgIpc) is 3.14. The maximum absolute atomic E-state index is 4.18. The number of aromatic nitrogens is 2. The van der Waals surface area contributed by atoms with Crippen molar-refractivity contribution in [3.05, 3.63) is 79.3 Å². The zero-order chi connectivity index (χ0) is 15.2. The third-order valence-corrected chi connectivity index (χ3v) is 4.51. The monoisotopic (exact) mass is 294 g/mol. The lowest BCUT2D eigenvalue weighted by molar-refractivity contribution is 1.31. The van der Waals surface area contributed by atoms with Gasteiger partial charge in [-0.05, 0) is 44.5 Å². The molecule has 2 heteroatoms. The van der Waals surface area contributed by atoms with Crippen LogP contribution in [0.4, 0.5) is 0 Å². The second kappa shape index (κ2) is 4.68. The van der Waals surface area contributed by atoms with Crippen molar-refractivity contribution in [2.75, 3.05) is 0 Å². The topological polar surface area (TPSA) is 28.7 Å². The highest BCUT2D eigenvalue weighted by Gasteiger charge is 2.09. The van der Waals surface area contributed by atoms with Crippen LogP contribution in [0.2, 0.25) is 0 Å². The summed E-state index contributed by atoms with van der Waals surface area (Å²) in [5.74, 6) is 0. The van der Waals surface area contributed by atoms with Gasteiger partial charge in [-0.1, -0.05) is 54.6 Å². The molecule has 0 unspecified atom stereocenters. The number of hydrogen-bond donors (Lipinski definition) is 1. The van der Waals surface area contributed by atoms with Crippen LogP contribution in [0.3, 0.4) is 0 Å². The molecule has 0 bridgehead atoms. The summed E-state index contributed by atoms with van der Waals surface area (Å²) in [4.78, 5) is 7.42. The average molecular weight is 294 g/mol. The number of fused-ring (bicyclic) bond motifs is 4. The molecule has 0 aliphatic carbocycles. The molecule has 0 fully saturated rings. The number of imidazole rings is 1. The van der Waals surface area contributed by atoms with Crippen molar-refractivity contribution in [2.24, 2.45) is 0 Å². The van der Waals surface area contributed by atoms with E-state index in [1.165, 1.54) is 37.9 Å². The van der Waals surface area contributed by atoms with Gasteiger partial charge < -0.3 is 4.98 Å². The van der Waals surface area contributed by atoms with Crippen molar-refractivity contribution < 1.29 is 0 Å². The molecule has 1 N–H and O–H groups in total. The minimum absolute atomic E-state index is 1.05. The smallest absolute Gasteiger partial charge is 0.0924 e. The molecule has 0 radical (unpaired) electrons. The summed E-state index contributed by atoms with van der Waals surface area (Å²) < 4.78 is 0. The summed E-state index contributed by atoms with van der Waals surface area (Å²) in [6.45, 7) is 0. The van der Waals surface area contributed by atoms with E-state index in [0.717, 1.165) is 5.69 Å². The molecule has 0 aliphatic heterocycles. The third-order valence-electron chi connectivity index (χ3n) is 4.51. The first kappa shape index (κ1) is 12.4. The maximum atomic E-state index is 4.18. The van der Waals surface area contributed by atoms with Crippen LogP contribution in [0.25, 0.3) is 43.6 Å². The molecule has 5 aromatic rings. The van der Waals surface area contributed by atoms with Crippen LogP contribution in [0.1, 0.15) is 0 Å². The van der Waals surface area contributed by atoms with E-state index in [-0.39, 0.29) is 0 Å². The van der Waals surface area contributed by atoms with E-state index in [1.54, 1.807) is 6.33 Å². The molecule has 1 aromatic heterocycles. The van der Waals surface area contributed by atoms with Gasteiger partial charge in [0.05, 0.1) is 18.2 Å². The first-order valence-corrected chi connectivity index (χ1v) is 7.73. The van der Waals surface area contributed by atoms with Gasteiger partial charge in [-0.15, -0.1) is 0 Å². The highest BCUT2D eigenvalue weighted by atomic mass is 14.9. The molecular weight excluding hydrogens is 280 g/mol. The number of nitrogens with zero attached hydrogens (tertiary/aromatic N) is 1. The number of rotatable bonds is 1. The molecule has 2 nitrogen and oxygen atoms in total. The molecule has 4 aromatic carbocycles. The van der Waals surface area contributed by atoms with Gasteiger partial charge in [0.1, 0.15) is 0 Å². The van der Waals surface area contributed by atoms with Gasteiger partial charge in [0.25, 0.3) is 0 Å². The summed E-state index contributed by atoms with van der Waals surface area (Å²) >= 11 is 0. The number of hydrogen-bond acceptors (Lipinski definition) is 1. The lowest BCUT2D eigenvalue weighted by Gasteiger charge is -2.10. The maximum Gasteiger partial charge on any atom is 0.0924 e. The summed E-state index contributed by atoms with van der Waals surface area (Å²) in [5.41, 5.74) is 2.25. The Balaban J connectivity index is 2.00. The van der Waals surface area contributed by atoms with Crippen molar-refractivity contribution >= 4 is 32.3 Å². The van der Waals surface area contributed by atoms with Crippen molar-refractivity contribution in [3.8, 4) is 11.3 Å². The molecule has 0 saturated carbocycles. The van der Waals surface area contributed by atoms with Crippen molar-refractivity contribution in [1.29, 1.82) is 0 Å². The fourth-order valence-electron chi connectivity index (χ4n) is 3.43. The number of H-pyrrole nitrogens is 1. The van der Waals surface area contributed by atoms with Gasteiger partial charge >= 0.3 is 0 Å². The summed E-state index contributed by atoms with van der Waals surface area (Å²) in [7, 11) is 0. The highest BCUT2D eigenvalue weighted by Crippen LogP contribution is 2.35. The molecule has 0 aliphatic rings. The van der Waals surface area contributed by atoms with E-state index >= 15 is 0 Å². The molecule has 5 rings (SSSR count). The Labute approximate surface area is 133 Å². The van der Waals surface area contributed by atoms with Gasteiger partial charge in [-0.3, -0.25) is 0 Å². The number of aromatic amines is 1. The quantitative estimate of drug-likeness (QED) is 0.319. The van der Waals surface area contributed by atoms with Gasteiger partial charge in [-0.2, -0.15) is 0 Å². The normalized spacial score (nSPS) is 11.5. The van der Waals surface area contributed by atoms with E-state index in [0.29, 0.717) is 0 Å². The number of nitrogens with one attached hydrogen (secondary N) is 1. The van der Waals surface area contributed by atoms with Crippen molar-refractivity contribution in [3.63, 3.8) is 0 Å².